The Morgan fingerprint density at radius 2 is 1.65 bits per heavy atom. The molecule has 20 heavy (non-hydrogen) atoms. The molecule has 0 amide bonds. The van der Waals surface area contributed by atoms with Crippen molar-refractivity contribution in [1.29, 1.82) is 0 Å². The number of benzene rings is 1. The summed E-state index contributed by atoms with van der Waals surface area (Å²) in [5.41, 5.74) is 1.59. The summed E-state index contributed by atoms with van der Waals surface area (Å²) in [6, 6.07) is 7.13. The van der Waals surface area contributed by atoms with Gasteiger partial charge in [-0.25, -0.2) is 0 Å². The summed E-state index contributed by atoms with van der Waals surface area (Å²) >= 11 is 0. The maximum atomic E-state index is 11.8. The first-order chi connectivity index (χ1) is 9.09. The van der Waals surface area contributed by atoms with Gasteiger partial charge in [0.15, 0.2) is 5.78 Å². The number of hydrogen-bond donors (Lipinski definition) is 0. The van der Waals surface area contributed by atoms with E-state index in [1.54, 1.807) is 12.1 Å². The predicted molar refractivity (Wildman–Crippen MR) is 71.0 cm³/mol. The molecule has 0 radical (unpaired) electrons. The van der Waals surface area contributed by atoms with Crippen LogP contribution in [0, 0.1) is 0 Å². The van der Waals surface area contributed by atoms with Crippen LogP contribution in [0.2, 0.25) is 0 Å². The largest absolute Gasteiger partial charge is 0.411 e. The van der Waals surface area contributed by atoms with Crippen molar-refractivity contribution in [1.82, 2.24) is 0 Å². The molecule has 0 heterocycles. The molecule has 0 saturated carbocycles. The average Bonchev–Trinajstić information content (AvgIpc) is 2.32. The van der Waals surface area contributed by atoms with Crippen LogP contribution in [0.1, 0.15) is 43.1 Å². The highest BCUT2D eigenvalue weighted by Crippen LogP contribution is 2.22. The maximum absolute atomic E-state index is 11.8. The van der Waals surface area contributed by atoms with E-state index >= 15 is 0 Å². The van der Waals surface area contributed by atoms with Crippen molar-refractivity contribution in [2.75, 3.05) is 13.2 Å². The van der Waals surface area contributed by atoms with Crippen LogP contribution >= 0.6 is 0 Å². The summed E-state index contributed by atoms with van der Waals surface area (Å²) in [5.74, 6) is -0.215. The van der Waals surface area contributed by atoms with Gasteiger partial charge in [0.1, 0.15) is 6.61 Å². The third-order valence-corrected chi connectivity index (χ3v) is 2.81. The standard InChI is InChI=1S/C15H19F3O2/c1-14(2,3)12-6-4-11(5-7-12)13(19)8-9-20-10-15(16,17)18/h4-7H,8-10H2,1-3H3. The second-order valence-electron chi connectivity index (χ2n) is 5.67. The number of carbonyl (C=O) groups excluding carboxylic acids is 1. The number of ether oxygens (including phenoxy) is 1. The smallest absolute Gasteiger partial charge is 0.372 e. The Morgan fingerprint density at radius 1 is 1.10 bits per heavy atom. The van der Waals surface area contributed by atoms with Crippen LogP contribution in [0.4, 0.5) is 13.2 Å². The van der Waals surface area contributed by atoms with E-state index in [4.69, 9.17) is 0 Å². The van der Waals surface area contributed by atoms with Crippen LogP contribution in [-0.4, -0.2) is 25.2 Å². The minimum Gasteiger partial charge on any atom is -0.372 e. The van der Waals surface area contributed by atoms with E-state index in [9.17, 15) is 18.0 Å². The fourth-order valence-corrected chi connectivity index (χ4v) is 1.65. The van der Waals surface area contributed by atoms with Gasteiger partial charge in [0, 0.05) is 12.0 Å². The van der Waals surface area contributed by atoms with Crippen LogP contribution in [0.15, 0.2) is 24.3 Å². The molecule has 0 unspecified atom stereocenters. The number of ketones is 1. The third kappa shape index (κ3) is 5.74. The molecule has 5 heteroatoms. The summed E-state index contributed by atoms with van der Waals surface area (Å²) in [5, 5.41) is 0. The van der Waals surface area contributed by atoms with Crippen molar-refractivity contribution in [2.24, 2.45) is 0 Å². The van der Waals surface area contributed by atoms with Crippen LogP contribution in [-0.2, 0) is 10.2 Å². The fourth-order valence-electron chi connectivity index (χ4n) is 1.65. The number of Topliss-reactive ketones (excluding diaryl/α,β-unsaturated/α-hetero) is 1. The van der Waals surface area contributed by atoms with Crippen molar-refractivity contribution in [3.8, 4) is 0 Å². The fraction of sp³-hybridized carbons (Fsp3) is 0.533. The Morgan fingerprint density at radius 3 is 2.10 bits per heavy atom. The van der Waals surface area contributed by atoms with Crippen molar-refractivity contribution in [3.05, 3.63) is 35.4 Å². The molecule has 0 spiro atoms. The van der Waals surface area contributed by atoms with Crippen LogP contribution in [0.25, 0.3) is 0 Å². The lowest BCUT2D eigenvalue weighted by molar-refractivity contribution is -0.173. The minimum absolute atomic E-state index is 0.00258. The molecule has 0 aromatic heterocycles. The van der Waals surface area contributed by atoms with Gasteiger partial charge in [-0.15, -0.1) is 0 Å². The monoisotopic (exact) mass is 288 g/mol. The van der Waals surface area contributed by atoms with E-state index in [1.165, 1.54) is 0 Å². The summed E-state index contributed by atoms with van der Waals surface area (Å²) in [4.78, 5) is 11.8. The molecule has 1 aromatic rings. The molecule has 0 atom stereocenters. The predicted octanol–water partition coefficient (Wildman–Crippen LogP) is 4.14. The highest BCUT2D eigenvalue weighted by molar-refractivity contribution is 5.96. The van der Waals surface area contributed by atoms with Crippen LogP contribution in [0.5, 0.6) is 0 Å². The van der Waals surface area contributed by atoms with Gasteiger partial charge in [-0.05, 0) is 11.0 Å². The molecule has 2 nitrogen and oxygen atoms in total. The lowest BCUT2D eigenvalue weighted by Gasteiger charge is -2.19. The Kier molecular flexibility index (Phi) is 5.34. The summed E-state index contributed by atoms with van der Waals surface area (Å²) < 4.78 is 40.0. The number of carbonyl (C=O) groups is 1. The molecule has 0 aliphatic heterocycles. The molecule has 112 valence electrons. The first-order valence-electron chi connectivity index (χ1n) is 6.38. The maximum Gasteiger partial charge on any atom is 0.411 e. The molecule has 0 fully saturated rings. The molecule has 0 saturated heterocycles. The third-order valence-electron chi connectivity index (χ3n) is 2.81. The van der Waals surface area contributed by atoms with E-state index in [1.807, 2.05) is 12.1 Å². The van der Waals surface area contributed by atoms with E-state index in [0.29, 0.717) is 5.56 Å². The minimum atomic E-state index is -4.35. The van der Waals surface area contributed by atoms with Gasteiger partial charge < -0.3 is 4.74 Å². The van der Waals surface area contributed by atoms with Gasteiger partial charge in [-0.2, -0.15) is 13.2 Å². The molecule has 0 aliphatic rings. The van der Waals surface area contributed by atoms with E-state index in [0.717, 1.165) is 5.56 Å². The molecule has 1 rings (SSSR count). The highest BCUT2D eigenvalue weighted by atomic mass is 19.4. The van der Waals surface area contributed by atoms with Gasteiger partial charge in [0.2, 0.25) is 0 Å². The Bertz CT molecular complexity index is 442. The lowest BCUT2D eigenvalue weighted by Crippen LogP contribution is -2.18. The van der Waals surface area contributed by atoms with Gasteiger partial charge in [0.05, 0.1) is 6.61 Å². The molecule has 0 N–H and O–H groups in total. The van der Waals surface area contributed by atoms with Crippen molar-refractivity contribution < 1.29 is 22.7 Å². The van der Waals surface area contributed by atoms with Crippen molar-refractivity contribution in [3.63, 3.8) is 0 Å². The first-order valence-corrected chi connectivity index (χ1v) is 6.38. The quantitative estimate of drug-likeness (QED) is 0.601. The molecular formula is C15H19F3O2. The highest BCUT2D eigenvalue weighted by Gasteiger charge is 2.27. The van der Waals surface area contributed by atoms with E-state index < -0.39 is 12.8 Å². The molecule has 0 aliphatic carbocycles. The Labute approximate surface area is 116 Å². The normalized spacial score (nSPS) is 12.5. The summed E-state index contributed by atoms with van der Waals surface area (Å²) in [6.07, 6.45) is -4.40. The molecule has 0 bridgehead atoms. The van der Waals surface area contributed by atoms with Gasteiger partial charge in [-0.1, -0.05) is 45.0 Å². The summed E-state index contributed by atoms with van der Waals surface area (Å²) in [7, 11) is 0. The van der Waals surface area contributed by atoms with Crippen molar-refractivity contribution >= 4 is 5.78 Å². The van der Waals surface area contributed by atoms with Crippen molar-refractivity contribution in [2.45, 2.75) is 38.8 Å². The SMILES string of the molecule is CC(C)(C)c1ccc(C(=O)CCOCC(F)(F)F)cc1. The topological polar surface area (TPSA) is 26.3 Å². The zero-order valence-corrected chi connectivity index (χ0v) is 11.9. The number of halogens is 3. The van der Waals surface area contributed by atoms with E-state index in [2.05, 4.69) is 25.5 Å². The zero-order chi connectivity index (χ0) is 15.4. The van der Waals surface area contributed by atoms with Gasteiger partial charge >= 0.3 is 6.18 Å². The summed E-state index contributed by atoms with van der Waals surface area (Å²) in [6.45, 7) is 4.65. The van der Waals surface area contributed by atoms with Gasteiger partial charge in [0.25, 0.3) is 0 Å². The Hall–Kier alpha value is -1.36. The molecule has 1 aromatic carbocycles. The second-order valence-corrected chi connectivity index (χ2v) is 5.67. The van der Waals surface area contributed by atoms with E-state index in [-0.39, 0.29) is 24.2 Å². The number of hydrogen-bond acceptors (Lipinski definition) is 2. The zero-order valence-electron chi connectivity index (χ0n) is 11.9. The number of rotatable bonds is 5. The van der Waals surface area contributed by atoms with Crippen LogP contribution < -0.4 is 0 Å². The van der Waals surface area contributed by atoms with Gasteiger partial charge in [-0.3, -0.25) is 4.79 Å². The first kappa shape index (κ1) is 16.7. The average molecular weight is 288 g/mol. The molecular weight excluding hydrogens is 269 g/mol. The lowest BCUT2D eigenvalue weighted by atomic mass is 9.86. The van der Waals surface area contributed by atoms with Crippen LogP contribution in [0.3, 0.4) is 0 Å². The Balaban J connectivity index is 2.48. The number of alkyl halides is 3. The second kappa shape index (κ2) is 6.39.